The van der Waals surface area contributed by atoms with E-state index in [1.807, 2.05) is 18.5 Å². The quantitative estimate of drug-likeness (QED) is 0.341. The summed E-state index contributed by atoms with van der Waals surface area (Å²) in [5.74, 6) is 0.847. The van der Waals surface area contributed by atoms with Gasteiger partial charge in [-0.05, 0) is 88.5 Å². The number of benzene rings is 1. The molecule has 1 aliphatic heterocycles. The molecule has 0 amide bonds. The van der Waals surface area contributed by atoms with Crippen molar-refractivity contribution in [3.63, 3.8) is 0 Å². The molecule has 2 unspecified atom stereocenters. The molecule has 1 fully saturated rings. The number of aliphatic imine (C=N–C) groups is 1. The summed E-state index contributed by atoms with van der Waals surface area (Å²) in [4.78, 5) is 20.5. The van der Waals surface area contributed by atoms with Gasteiger partial charge in [0.1, 0.15) is 0 Å². The summed E-state index contributed by atoms with van der Waals surface area (Å²) in [5.41, 5.74) is 0.331. The first-order chi connectivity index (χ1) is 16.3. The molecule has 2 atom stereocenters. The zero-order chi connectivity index (χ0) is 24.8. The van der Waals surface area contributed by atoms with Gasteiger partial charge < -0.3 is 15.0 Å². The Labute approximate surface area is 211 Å². The molecular formula is C28H44ClN3O2. The van der Waals surface area contributed by atoms with Crippen molar-refractivity contribution in [2.24, 2.45) is 16.8 Å². The normalized spacial score (nSPS) is 27.1. The van der Waals surface area contributed by atoms with Crippen LogP contribution in [0, 0.1) is 11.8 Å². The van der Waals surface area contributed by atoms with E-state index < -0.39 is 5.54 Å². The highest BCUT2D eigenvalue weighted by atomic mass is 35.5. The SMILES string of the molecule is CCCCN1C=NC(CCCC)(C(=O)OC)C1C1CCC(C(C)(C)Nc2ccc(Cl)cc2)CC1. The van der Waals surface area contributed by atoms with Crippen molar-refractivity contribution < 1.29 is 9.53 Å². The summed E-state index contributed by atoms with van der Waals surface area (Å²) in [6.45, 7) is 9.96. The highest BCUT2D eigenvalue weighted by Gasteiger charge is 2.55. The summed E-state index contributed by atoms with van der Waals surface area (Å²) in [7, 11) is 1.51. The second-order valence-electron chi connectivity index (χ2n) is 10.8. The fourth-order valence-electron chi connectivity index (χ4n) is 6.07. The molecule has 1 N–H and O–H groups in total. The second kappa shape index (κ2) is 11.8. The maximum atomic E-state index is 13.2. The van der Waals surface area contributed by atoms with Crippen molar-refractivity contribution in [2.45, 2.75) is 103 Å². The van der Waals surface area contributed by atoms with Gasteiger partial charge in [0, 0.05) is 22.8 Å². The summed E-state index contributed by atoms with van der Waals surface area (Å²) >= 11 is 6.07. The molecule has 1 heterocycles. The first kappa shape index (κ1) is 26.8. The van der Waals surface area contributed by atoms with Crippen LogP contribution < -0.4 is 5.32 Å². The van der Waals surface area contributed by atoms with Gasteiger partial charge in [-0.25, -0.2) is 4.79 Å². The predicted octanol–water partition coefficient (Wildman–Crippen LogP) is 6.95. The molecule has 0 aromatic heterocycles. The lowest BCUT2D eigenvalue weighted by atomic mass is 9.67. The number of esters is 1. The molecule has 34 heavy (non-hydrogen) atoms. The molecule has 0 spiro atoms. The van der Waals surface area contributed by atoms with E-state index in [0.717, 1.165) is 75.0 Å². The van der Waals surface area contributed by atoms with Crippen LogP contribution >= 0.6 is 11.6 Å². The number of hydrogen-bond acceptors (Lipinski definition) is 5. The Balaban J connectivity index is 1.74. The number of halogens is 1. The lowest BCUT2D eigenvalue weighted by Crippen LogP contribution is -2.56. The number of hydrogen-bond donors (Lipinski definition) is 1. The lowest BCUT2D eigenvalue weighted by molar-refractivity contribution is -0.150. The fourth-order valence-corrected chi connectivity index (χ4v) is 6.20. The maximum Gasteiger partial charge on any atom is 0.335 e. The zero-order valence-corrected chi connectivity index (χ0v) is 22.5. The number of nitrogens with one attached hydrogen (secondary N) is 1. The van der Waals surface area contributed by atoms with Gasteiger partial charge in [0.05, 0.1) is 19.5 Å². The number of rotatable bonds is 11. The average molecular weight is 490 g/mol. The van der Waals surface area contributed by atoms with Crippen molar-refractivity contribution >= 4 is 29.6 Å². The first-order valence-corrected chi connectivity index (χ1v) is 13.6. The fraction of sp³-hybridized carbons (Fsp3) is 0.714. The smallest absolute Gasteiger partial charge is 0.335 e. The van der Waals surface area contributed by atoms with Crippen LogP contribution in [0.2, 0.25) is 5.02 Å². The van der Waals surface area contributed by atoms with E-state index in [-0.39, 0.29) is 17.6 Å². The van der Waals surface area contributed by atoms with Gasteiger partial charge in [-0.15, -0.1) is 0 Å². The summed E-state index contributed by atoms with van der Waals surface area (Å²) in [5, 5.41) is 4.50. The Kier molecular flexibility index (Phi) is 9.31. The van der Waals surface area contributed by atoms with Crippen LogP contribution in [0.4, 0.5) is 5.69 Å². The zero-order valence-electron chi connectivity index (χ0n) is 21.8. The summed E-state index contributed by atoms with van der Waals surface area (Å²) < 4.78 is 5.36. The maximum absolute atomic E-state index is 13.2. The van der Waals surface area contributed by atoms with Gasteiger partial charge in [-0.3, -0.25) is 4.99 Å². The number of unbranched alkanes of at least 4 members (excludes halogenated alkanes) is 2. The highest BCUT2D eigenvalue weighted by Crippen LogP contribution is 2.45. The van der Waals surface area contributed by atoms with E-state index >= 15 is 0 Å². The number of carbonyl (C=O) groups excluding carboxylic acids is 1. The molecular weight excluding hydrogens is 446 g/mol. The third-order valence-corrected chi connectivity index (χ3v) is 8.30. The largest absolute Gasteiger partial charge is 0.467 e. The molecule has 6 heteroatoms. The molecule has 0 radical (unpaired) electrons. The molecule has 1 saturated carbocycles. The van der Waals surface area contributed by atoms with Crippen LogP contribution in [0.3, 0.4) is 0 Å². The van der Waals surface area contributed by atoms with Crippen LogP contribution in [-0.4, -0.2) is 48.0 Å². The second-order valence-corrected chi connectivity index (χ2v) is 11.2. The Morgan fingerprint density at radius 2 is 1.79 bits per heavy atom. The standard InChI is InChI=1S/C28H44ClN3O2/c1-6-8-18-28(26(33)34-5)25(32(20-30-28)19-9-7-2)21-10-12-22(13-11-21)27(3,4)31-24-16-14-23(29)15-17-24/h14-17,20-22,25,31H,6-13,18-19H2,1-5H3. The molecule has 1 aromatic carbocycles. The van der Waals surface area contributed by atoms with E-state index in [9.17, 15) is 4.79 Å². The number of nitrogens with zero attached hydrogens (tertiary/aromatic N) is 2. The minimum absolute atomic E-state index is 0.0193. The number of anilines is 1. The van der Waals surface area contributed by atoms with Crippen molar-refractivity contribution in [1.29, 1.82) is 0 Å². The van der Waals surface area contributed by atoms with Crippen LogP contribution in [-0.2, 0) is 9.53 Å². The van der Waals surface area contributed by atoms with Gasteiger partial charge in [0.2, 0.25) is 0 Å². The van der Waals surface area contributed by atoms with Crippen molar-refractivity contribution in [3.8, 4) is 0 Å². The van der Waals surface area contributed by atoms with Gasteiger partial charge >= 0.3 is 5.97 Å². The molecule has 2 aliphatic rings. The summed E-state index contributed by atoms with van der Waals surface area (Å²) in [6, 6.07) is 8.08. The van der Waals surface area contributed by atoms with Crippen LogP contribution in [0.25, 0.3) is 0 Å². The van der Waals surface area contributed by atoms with E-state index in [4.69, 9.17) is 21.3 Å². The van der Waals surface area contributed by atoms with E-state index in [1.165, 1.54) is 7.11 Å². The van der Waals surface area contributed by atoms with Gasteiger partial charge in [-0.2, -0.15) is 0 Å². The topological polar surface area (TPSA) is 53.9 Å². The summed E-state index contributed by atoms with van der Waals surface area (Å²) in [6.07, 6.45) is 11.5. The predicted molar refractivity (Wildman–Crippen MR) is 143 cm³/mol. The van der Waals surface area contributed by atoms with E-state index in [2.05, 4.69) is 50.0 Å². The van der Waals surface area contributed by atoms with E-state index in [0.29, 0.717) is 11.8 Å². The number of carbonyl (C=O) groups is 1. The van der Waals surface area contributed by atoms with Gasteiger partial charge in [0.25, 0.3) is 0 Å². The van der Waals surface area contributed by atoms with Crippen molar-refractivity contribution in [3.05, 3.63) is 29.3 Å². The molecule has 1 aromatic rings. The van der Waals surface area contributed by atoms with Crippen LogP contribution in [0.1, 0.15) is 85.5 Å². The minimum Gasteiger partial charge on any atom is -0.467 e. The molecule has 3 rings (SSSR count). The molecule has 0 bridgehead atoms. The van der Waals surface area contributed by atoms with Gasteiger partial charge in [0.15, 0.2) is 5.54 Å². The molecule has 0 saturated heterocycles. The number of methoxy groups -OCH3 is 1. The third kappa shape index (κ3) is 5.90. The van der Waals surface area contributed by atoms with Crippen molar-refractivity contribution in [2.75, 3.05) is 19.0 Å². The minimum atomic E-state index is -0.757. The Hall–Kier alpha value is -1.75. The Morgan fingerprint density at radius 3 is 2.38 bits per heavy atom. The number of ether oxygens (including phenoxy) is 1. The van der Waals surface area contributed by atoms with Crippen molar-refractivity contribution in [1.82, 2.24) is 4.90 Å². The van der Waals surface area contributed by atoms with Crippen LogP contribution in [0.15, 0.2) is 29.3 Å². The Morgan fingerprint density at radius 1 is 1.15 bits per heavy atom. The van der Waals surface area contributed by atoms with Gasteiger partial charge in [-0.1, -0.05) is 44.7 Å². The molecule has 5 nitrogen and oxygen atoms in total. The first-order valence-electron chi connectivity index (χ1n) is 13.2. The molecule has 190 valence electrons. The lowest BCUT2D eigenvalue weighted by Gasteiger charge is -2.46. The third-order valence-electron chi connectivity index (χ3n) is 8.05. The monoisotopic (exact) mass is 489 g/mol. The average Bonchev–Trinajstić information content (AvgIpc) is 3.21. The van der Waals surface area contributed by atoms with E-state index in [1.54, 1.807) is 0 Å². The highest BCUT2D eigenvalue weighted by molar-refractivity contribution is 6.30. The Bertz CT molecular complexity index is 817. The molecule has 1 aliphatic carbocycles. The van der Waals surface area contributed by atoms with Crippen LogP contribution in [0.5, 0.6) is 0 Å².